The number of unbranched alkanes of at least 4 members (excludes halogenated alkanes) is 24. The average Bonchev–Trinajstić information content (AvgIpc) is 3.04. The van der Waals surface area contributed by atoms with Gasteiger partial charge in [0.2, 0.25) is 0 Å². The minimum absolute atomic E-state index is 0.264. The summed E-state index contributed by atoms with van der Waals surface area (Å²) >= 11 is 0. The van der Waals surface area contributed by atoms with E-state index in [9.17, 15) is 9.59 Å². The van der Waals surface area contributed by atoms with Gasteiger partial charge in [-0.1, -0.05) is 168 Å². The molecule has 2 N–H and O–H groups in total. The van der Waals surface area contributed by atoms with E-state index in [2.05, 4.69) is 13.8 Å². The zero-order valence-corrected chi connectivity index (χ0v) is 32.7. The third-order valence-corrected chi connectivity index (χ3v) is 8.32. The first kappa shape index (κ1) is 50.7. The van der Waals surface area contributed by atoms with Crippen LogP contribution in [0.15, 0.2) is 0 Å². The first-order chi connectivity index (χ1) is 23.0. The van der Waals surface area contributed by atoms with E-state index >= 15 is 0 Å². The molecule has 0 aromatic rings. The van der Waals surface area contributed by atoms with Crippen molar-refractivity contribution in [1.82, 2.24) is 0 Å². The molecular formula is C40H80O8. The van der Waals surface area contributed by atoms with Crippen molar-refractivity contribution < 1.29 is 38.8 Å². The molecule has 0 saturated carbocycles. The smallest absolute Gasteiger partial charge is 0.337 e. The lowest BCUT2D eigenvalue weighted by molar-refractivity contribution is -0.165. The average molecular weight is 689 g/mol. The van der Waals surface area contributed by atoms with Gasteiger partial charge in [0.1, 0.15) is 6.10 Å². The molecule has 0 aliphatic rings. The second kappa shape index (κ2) is 39.8. The molecule has 0 saturated heterocycles. The normalized spacial score (nSPS) is 11.5. The number of hydrogen-bond acceptors (Lipinski definition) is 7. The summed E-state index contributed by atoms with van der Waals surface area (Å²) in [6.07, 6.45) is 33.2. The molecule has 0 aliphatic carbocycles. The number of carboxylic acids is 1. The lowest BCUT2D eigenvalue weighted by Gasteiger charge is -2.20. The largest absolute Gasteiger partial charge is 0.481 e. The van der Waals surface area contributed by atoms with Crippen molar-refractivity contribution >= 4 is 17.9 Å². The van der Waals surface area contributed by atoms with Gasteiger partial charge >= 0.3 is 11.9 Å². The highest BCUT2D eigenvalue weighted by atomic mass is 16.6. The molecule has 8 nitrogen and oxygen atoms in total. The minimum Gasteiger partial charge on any atom is -0.481 e. The number of ether oxygens (including phenoxy) is 3. The summed E-state index contributed by atoms with van der Waals surface area (Å²) in [6.45, 7) is 11.5. The van der Waals surface area contributed by atoms with E-state index in [4.69, 9.17) is 29.2 Å². The maximum atomic E-state index is 11.7. The van der Waals surface area contributed by atoms with Gasteiger partial charge in [-0.15, -0.1) is 0 Å². The van der Waals surface area contributed by atoms with Gasteiger partial charge in [-0.05, 0) is 33.6 Å². The van der Waals surface area contributed by atoms with Crippen LogP contribution in [0.1, 0.15) is 208 Å². The van der Waals surface area contributed by atoms with Crippen molar-refractivity contribution in [3.8, 4) is 0 Å². The molecule has 0 radical (unpaired) electrons. The maximum Gasteiger partial charge on any atom is 0.337 e. The van der Waals surface area contributed by atoms with Crippen molar-refractivity contribution in [2.24, 2.45) is 0 Å². The van der Waals surface area contributed by atoms with Crippen LogP contribution >= 0.6 is 0 Å². The topological polar surface area (TPSA) is 119 Å². The quantitative estimate of drug-likeness (QED) is 0.0545. The van der Waals surface area contributed by atoms with Crippen LogP contribution in [0.3, 0.4) is 0 Å². The highest BCUT2D eigenvalue weighted by molar-refractivity contribution is 5.78. The molecular weight excluding hydrogens is 608 g/mol. The Morgan fingerprint density at radius 1 is 0.542 bits per heavy atom. The molecule has 0 fully saturated rings. The molecule has 0 aliphatic heterocycles. The van der Waals surface area contributed by atoms with Gasteiger partial charge in [0.25, 0.3) is 5.97 Å². The number of carbonyl (C=O) groups excluding carboxylic acids is 2. The Labute approximate surface area is 296 Å². The fraction of sp³-hybridized carbons (Fsp3) is 0.925. The summed E-state index contributed by atoms with van der Waals surface area (Å²) in [5.74, 6) is -1.60. The van der Waals surface area contributed by atoms with Crippen molar-refractivity contribution in [2.45, 2.75) is 220 Å². The SMILES string of the molecule is CC(=O)O.CCCCCCCCCCCCCCCCOC(=O)C(C)(C)OC.CCCCCCCCCCCCCCOC(=O)C(C)O. The minimum atomic E-state index is -0.993. The van der Waals surface area contributed by atoms with Crippen LogP contribution in [0.5, 0.6) is 0 Å². The Hall–Kier alpha value is -1.67. The molecule has 48 heavy (non-hydrogen) atoms. The Balaban J connectivity index is -0.000000767. The Morgan fingerprint density at radius 2 is 0.792 bits per heavy atom. The van der Waals surface area contributed by atoms with Gasteiger partial charge < -0.3 is 24.4 Å². The summed E-state index contributed by atoms with van der Waals surface area (Å²) in [5.41, 5.74) is -0.823. The number of esters is 2. The first-order valence-corrected chi connectivity index (χ1v) is 19.7. The zero-order valence-electron chi connectivity index (χ0n) is 32.7. The second-order valence-electron chi connectivity index (χ2n) is 13.7. The Kier molecular flexibility index (Phi) is 42.0. The van der Waals surface area contributed by atoms with E-state index in [-0.39, 0.29) is 5.97 Å². The third kappa shape index (κ3) is 44.3. The zero-order chi connectivity index (χ0) is 36.7. The molecule has 0 aromatic carbocycles. The summed E-state index contributed by atoms with van der Waals surface area (Å²) in [7, 11) is 1.54. The van der Waals surface area contributed by atoms with Crippen LogP contribution in [-0.4, -0.2) is 60.1 Å². The number of aliphatic hydroxyl groups excluding tert-OH is 1. The van der Waals surface area contributed by atoms with E-state index < -0.39 is 23.6 Å². The number of carbonyl (C=O) groups is 3. The summed E-state index contributed by atoms with van der Waals surface area (Å²) in [5, 5.41) is 16.4. The fourth-order valence-corrected chi connectivity index (χ4v) is 4.96. The van der Waals surface area contributed by atoms with Crippen LogP contribution in [0.4, 0.5) is 0 Å². The van der Waals surface area contributed by atoms with Crippen molar-refractivity contribution in [3.63, 3.8) is 0 Å². The van der Waals surface area contributed by atoms with Crippen LogP contribution in [0, 0.1) is 0 Å². The number of rotatable bonds is 31. The van der Waals surface area contributed by atoms with Crippen molar-refractivity contribution in [1.29, 1.82) is 0 Å². The summed E-state index contributed by atoms with van der Waals surface area (Å²) < 4.78 is 15.2. The van der Waals surface area contributed by atoms with E-state index in [0.717, 1.165) is 32.6 Å². The van der Waals surface area contributed by atoms with E-state index in [1.807, 2.05) is 0 Å². The molecule has 1 atom stereocenters. The van der Waals surface area contributed by atoms with Crippen molar-refractivity contribution in [3.05, 3.63) is 0 Å². The number of aliphatic carboxylic acids is 1. The van der Waals surface area contributed by atoms with Gasteiger partial charge in [0.05, 0.1) is 13.2 Å². The van der Waals surface area contributed by atoms with Gasteiger partial charge in [-0.2, -0.15) is 0 Å². The molecule has 0 amide bonds. The standard InChI is InChI=1S/C21H42O3.C17H34O3.C2H4O2/c1-5-6-7-8-9-10-11-12-13-14-15-16-17-18-19-24-20(22)21(2,3)23-4;1-3-4-5-6-7-8-9-10-11-12-13-14-15-20-17(19)16(2)18;1-2(3)4/h5-19H2,1-4H3;16,18H,3-15H2,1-2H3;1H3,(H,3,4). The molecule has 0 bridgehead atoms. The van der Waals surface area contributed by atoms with E-state index in [0.29, 0.717) is 13.2 Å². The molecule has 288 valence electrons. The number of methoxy groups -OCH3 is 1. The summed E-state index contributed by atoms with van der Waals surface area (Å²) in [6, 6.07) is 0. The lowest BCUT2D eigenvalue weighted by atomic mass is 10.0. The Morgan fingerprint density at radius 3 is 1.04 bits per heavy atom. The molecule has 8 heteroatoms. The predicted molar refractivity (Wildman–Crippen MR) is 199 cm³/mol. The number of aliphatic hydroxyl groups is 1. The number of carboxylic acid groups (broad SMARTS) is 1. The van der Waals surface area contributed by atoms with Crippen LogP contribution in [0.25, 0.3) is 0 Å². The van der Waals surface area contributed by atoms with Crippen LogP contribution in [0.2, 0.25) is 0 Å². The first-order valence-electron chi connectivity index (χ1n) is 19.7. The van der Waals surface area contributed by atoms with Gasteiger partial charge in [-0.25, -0.2) is 9.59 Å². The van der Waals surface area contributed by atoms with Gasteiger partial charge in [0, 0.05) is 14.0 Å². The fourth-order valence-electron chi connectivity index (χ4n) is 4.96. The van der Waals surface area contributed by atoms with Crippen LogP contribution in [-0.2, 0) is 28.6 Å². The summed E-state index contributed by atoms with van der Waals surface area (Å²) in [4.78, 5) is 31.7. The second-order valence-corrected chi connectivity index (χ2v) is 13.7. The molecule has 0 aromatic heterocycles. The molecule has 0 rings (SSSR count). The molecule has 0 spiro atoms. The highest BCUT2D eigenvalue weighted by Crippen LogP contribution is 2.15. The Bertz CT molecular complexity index is 689. The van der Waals surface area contributed by atoms with Gasteiger partial charge in [-0.3, -0.25) is 4.79 Å². The molecule has 1 unspecified atom stereocenters. The van der Waals surface area contributed by atoms with E-state index in [1.54, 1.807) is 13.8 Å². The maximum absolute atomic E-state index is 11.7. The number of hydrogen-bond donors (Lipinski definition) is 2. The monoisotopic (exact) mass is 689 g/mol. The molecule has 0 heterocycles. The van der Waals surface area contributed by atoms with E-state index in [1.165, 1.54) is 155 Å². The third-order valence-electron chi connectivity index (χ3n) is 8.32. The lowest BCUT2D eigenvalue weighted by Crippen LogP contribution is -2.35. The highest BCUT2D eigenvalue weighted by Gasteiger charge is 2.28. The predicted octanol–water partition coefficient (Wildman–Crippen LogP) is 11.1. The van der Waals surface area contributed by atoms with Crippen LogP contribution < -0.4 is 0 Å². The van der Waals surface area contributed by atoms with Crippen molar-refractivity contribution in [2.75, 3.05) is 20.3 Å². The van der Waals surface area contributed by atoms with Gasteiger partial charge in [0.15, 0.2) is 5.60 Å².